The Morgan fingerprint density at radius 2 is 1.83 bits per heavy atom. The predicted octanol–water partition coefficient (Wildman–Crippen LogP) is 1.43. The molecule has 1 aliphatic heterocycles. The lowest BCUT2D eigenvalue weighted by Crippen LogP contribution is -2.38. The summed E-state index contributed by atoms with van der Waals surface area (Å²) in [6.45, 7) is 3.30. The molecule has 0 atom stereocenters. The van der Waals surface area contributed by atoms with Crippen LogP contribution in [0.4, 0.5) is 4.39 Å². The van der Waals surface area contributed by atoms with Crippen molar-refractivity contribution in [1.82, 2.24) is 15.1 Å². The fourth-order valence-corrected chi connectivity index (χ4v) is 2.92. The number of amides is 2. The number of carbonyl (C=O) groups excluding carboxylic acids is 2. The molecular formula is C18H26FN3O2. The Morgan fingerprint density at radius 1 is 1.12 bits per heavy atom. The second kappa shape index (κ2) is 9.37. The van der Waals surface area contributed by atoms with Crippen LogP contribution < -0.4 is 5.32 Å². The first-order valence-corrected chi connectivity index (χ1v) is 8.54. The van der Waals surface area contributed by atoms with Crippen LogP contribution in [0, 0.1) is 5.82 Å². The minimum atomic E-state index is -0.325. The van der Waals surface area contributed by atoms with Crippen LogP contribution in [0.2, 0.25) is 0 Å². The molecule has 1 saturated heterocycles. The molecule has 0 bridgehead atoms. The number of nitrogens with one attached hydrogen (secondary N) is 1. The van der Waals surface area contributed by atoms with Crippen LogP contribution in [0.15, 0.2) is 24.3 Å². The molecule has 5 nitrogen and oxygen atoms in total. The molecule has 1 aromatic rings. The molecule has 0 spiro atoms. The van der Waals surface area contributed by atoms with Gasteiger partial charge in [0.25, 0.3) is 0 Å². The monoisotopic (exact) mass is 335 g/mol. The molecular weight excluding hydrogens is 309 g/mol. The maximum atomic E-state index is 13.2. The van der Waals surface area contributed by atoms with Gasteiger partial charge in [-0.1, -0.05) is 12.1 Å². The minimum Gasteiger partial charge on any atom is -0.341 e. The first kappa shape index (κ1) is 18.4. The number of benzene rings is 1. The van der Waals surface area contributed by atoms with E-state index in [0.29, 0.717) is 38.2 Å². The molecule has 1 fully saturated rings. The summed E-state index contributed by atoms with van der Waals surface area (Å²) < 4.78 is 13.2. The third-order valence-corrected chi connectivity index (χ3v) is 4.26. The van der Waals surface area contributed by atoms with Gasteiger partial charge >= 0.3 is 0 Å². The number of carbonyl (C=O) groups is 2. The van der Waals surface area contributed by atoms with E-state index in [1.165, 1.54) is 12.1 Å². The van der Waals surface area contributed by atoms with Gasteiger partial charge in [-0.05, 0) is 44.1 Å². The highest BCUT2D eigenvalue weighted by Gasteiger charge is 2.21. The van der Waals surface area contributed by atoms with Gasteiger partial charge in [0.2, 0.25) is 11.8 Å². The van der Waals surface area contributed by atoms with E-state index in [1.807, 2.05) is 11.9 Å². The van der Waals surface area contributed by atoms with Crippen molar-refractivity contribution in [1.29, 1.82) is 0 Å². The Kier molecular flexibility index (Phi) is 7.18. The summed E-state index contributed by atoms with van der Waals surface area (Å²) >= 11 is 0. The van der Waals surface area contributed by atoms with E-state index in [-0.39, 0.29) is 24.1 Å². The quantitative estimate of drug-likeness (QED) is 0.800. The number of hydrogen-bond acceptors (Lipinski definition) is 3. The Morgan fingerprint density at radius 3 is 2.50 bits per heavy atom. The highest BCUT2D eigenvalue weighted by atomic mass is 19.1. The van der Waals surface area contributed by atoms with Crippen molar-refractivity contribution in [3.8, 4) is 0 Å². The van der Waals surface area contributed by atoms with Crippen LogP contribution in [0.25, 0.3) is 0 Å². The van der Waals surface area contributed by atoms with E-state index in [0.717, 1.165) is 19.4 Å². The molecule has 0 unspecified atom stereocenters. The van der Waals surface area contributed by atoms with Gasteiger partial charge in [-0.15, -0.1) is 0 Å². The highest BCUT2D eigenvalue weighted by molar-refractivity contribution is 5.79. The van der Waals surface area contributed by atoms with Crippen molar-refractivity contribution in [2.45, 2.75) is 25.7 Å². The van der Waals surface area contributed by atoms with E-state index in [4.69, 9.17) is 0 Å². The van der Waals surface area contributed by atoms with Gasteiger partial charge in [-0.3, -0.25) is 9.59 Å². The Bertz CT molecular complexity index is 565. The fourth-order valence-electron chi connectivity index (χ4n) is 2.92. The lowest BCUT2D eigenvalue weighted by Gasteiger charge is -2.22. The number of rotatable bonds is 6. The fraction of sp³-hybridized carbons (Fsp3) is 0.556. The minimum absolute atomic E-state index is 0.00918. The average Bonchev–Trinajstić information content (AvgIpc) is 2.81. The van der Waals surface area contributed by atoms with E-state index in [1.54, 1.807) is 17.0 Å². The molecule has 1 aliphatic rings. The van der Waals surface area contributed by atoms with E-state index < -0.39 is 0 Å². The molecule has 2 amide bonds. The van der Waals surface area contributed by atoms with Crippen LogP contribution in [0.1, 0.15) is 24.8 Å². The molecule has 2 rings (SSSR count). The molecule has 132 valence electrons. The number of nitrogens with zero attached hydrogens (tertiary/aromatic N) is 2. The van der Waals surface area contributed by atoms with E-state index in [2.05, 4.69) is 5.32 Å². The zero-order valence-corrected chi connectivity index (χ0v) is 14.3. The van der Waals surface area contributed by atoms with Crippen molar-refractivity contribution < 1.29 is 14.0 Å². The standard InChI is InChI=1S/C18H26FN3O2/c1-20-8-3-7-17(23)21-9-4-10-22(12-11-21)18(24)14-15-5-2-6-16(19)13-15/h2,5-6,13,20H,3-4,7-12,14H2,1H3. The zero-order valence-electron chi connectivity index (χ0n) is 14.3. The second-order valence-electron chi connectivity index (χ2n) is 6.13. The van der Waals surface area contributed by atoms with E-state index >= 15 is 0 Å². The van der Waals surface area contributed by atoms with Crippen LogP contribution in [-0.4, -0.2) is 61.4 Å². The smallest absolute Gasteiger partial charge is 0.227 e. The summed E-state index contributed by atoms with van der Waals surface area (Å²) in [4.78, 5) is 28.2. The molecule has 0 saturated carbocycles. The van der Waals surface area contributed by atoms with Gasteiger partial charge in [0.05, 0.1) is 6.42 Å². The topological polar surface area (TPSA) is 52.7 Å². The summed E-state index contributed by atoms with van der Waals surface area (Å²) in [6, 6.07) is 6.15. The molecule has 24 heavy (non-hydrogen) atoms. The lowest BCUT2D eigenvalue weighted by molar-refractivity contribution is -0.133. The van der Waals surface area contributed by atoms with Gasteiger partial charge in [0.15, 0.2) is 0 Å². The van der Waals surface area contributed by atoms with E-state index in [9.17, 15) is 14.0 Å². The average molecular weight is 335 g/mol. The second-order valence-corrected chi connectivity index (χ2v) is 6.13. The zero-order chi connectivity index (χ0) is 17.4. The van der Waals surface area contributed by atoms with Gasteiger partial charge in [-0.2, -0.15) is 0 Å². The van der Waals surface area contributed by atoms with Crippen molar-refractivity contribution in [2.75, 3.05) is 39.8 Å². The third-order valence-electron chi connectivity index (χ3n) is 4.26. The molecule has 0 aromatic heterocycles. The third kappa shape index (κ3) is 5.60. The Hall–Kier alpha value is -1.95. The largest absolute Gasteiger partial charge is 0.341 e. The normalized spacial score (nSPS) is 15.2. The van der Waals surface area contributed by atoms with Gasteiger partial charge in [-0.25, -0.2) is 4.39 Å². The van der Waals surface area contributed by atoms with Crippen LogP contribution in [0.5, 0.6) is 0 Å². The summed E-state index contributed by atoms with van der Waals surface area (Å²) in [7, 11) is 1.87. The summed E-state index contributed by atoms with van der Waals surface area (Å²) in [6.07, 6.45) is 2.35. The summed E-state index contributed by atoms with van der Waals surface area (Å²) in [5.74, 6) is -0.177. The maximum Gasteiger partial charge on any atom is 0.227 e. The number of halogens is 1. The van der Waals surface area contributed by atoms with Gasteiger partial charge in [0.1, 0.15) is 5.82 Å². The van der Waals surface area contributed by atoms with Crippen LogP contribution >= 0.6 is 0 Å². The summed E-state index contributed by atoms with van der Waals surface area (Å²) in [5, 5.41) is 3.04. The Labute approximate surface area is 142 Å². The highest BCUT2D eigenvalue weighted by Crippen LogP contribution is 2.10. The predicted molar refractivity (Wildman–Crippen MR) is 91.0 cm³/mol. The van der Waals surface area contributed by atoms with Crippen LogP contribution in [0.3, 0.4) is 0 Å². The molecule has 0 radical (unpaired) electrons. The van der Waals surface area contributed by atoms with Gasteiger partial charge in [0, 0.05) is 32.6 Å². The van der Waals surface area contributed by atoms with Crippen molar-refractivity contribution in [2.24, 2.45) is 0 Å². The van der Waals surface area contributed by atoms with Crippen molar-refractivity contribution in [3.63, 3.8) is 0 Å². The SMILES string of the molecule is CNCCCC(=O)N1CCCN(C(=O)Cc2cccc(F)c2)CC1. The first-order valence-electron chi connectivity index (χ1n) is 8.54. The van der Waals surface area contributed by atoms with Crippen molar-refractivity contribution in [3.05, 3.63) is 35.6 Å². The first-order chi connectivity index (χ1) is 11.6. The molecule has 1 heterocycles. The Balaban J connectivity index is 1.83. The molecule has 6 heteroatoms. The van der Waals surface area contributed by atoms with Crippen molar-refractivity contribution >= 4 is 11.8 Å². The molecule has 1 aromatic carbocycles. The maximum absolute atomic E-state index is 13.2. The van der Waals surface area contributed by atoms with Crippen LogP contribution in [-0.2, 0) is 16.0 Å². The summed E-state index contributed by atoms with van der Waals surface area (Å²) in [5.41, 5.74) is 0.684. The van der Waals surface area contributed by atoms with Gasteiger partial charge < -0.3 is 15.1 Å². The number of hydrogen-bond donors (Lipinski definition) is 1. The molecule has 1 N–H and O–H groups in total. The lowest BCUT2D eigenvalue weighted by atomic mass is 10.1. The molecule has 0 aliphatic carbocycles.